The van der Waals surface area contributed by atoms with E-state index in [-0.39, 0.29) is 11.4 Å². The molecule has 0 aromatic carbocycles. The fourth-order valence-electron chi connectivity index (χ4n) is 2.76. The van der Waals surface area contributed by atoms with Crippen LogP contribution in [0.15, 0.2) is 11.3 Å². The standard InChI is InChI=1S/C13H16F3NO2/c1-12(2)7-9(10(12)11(19)13(14,15)16)17-5-3-8(18)4-6-17/h3-7H2,1-2H3. The highest BCUT2D eigenvalue weighted by molar-refractivity contribution is 6.02. The van der Waals surface area contributed by atoms with Crippen LogP contribution in [0, 0.1) is 5.41 Å². The van der Waals surface area contributed by atoms with Crippen molar-refractivity contribution in [2.45, 2.75) is 39.3 Å². The van der Waals surface area contributed by atoms with E-state index in [9.17, 15) is 22.8 Å². The molecule has 1 fully saturated rings. The summed E-state index contributed by atoms with van der Waals surface area (Å²) in [7, 11) is 0. The first kappa shape index (κ1) is 14.1. The number of rotatable bonds is 2. The van der Waals surface area contributed by atoms with Gasteiger partial charge in [-0.25, -0.2) is 0 Å². The number of halogens is 3. The van der Waals surface area contributed by atoms with Crippen molar-refractivity contribution in [1.29, 1.82) is 0 Å². The van der Waals surface area contributed by atoms with Gasteiger partial charge in [0.05, 0.1) is 0 Å². The Hall–Kier alpha value is -1.33. The third-order valence-corrected chi connectivity index (χ3v) is 3.76. The number of nitrogens with zero attached hydrogens (tertiary/aromatic N) is 1. The molecule has 6 heteroatoms. The maximum atomic E-state index is 12.6. The van der Waals surface area contributed by atoms with Crippen LogP contribution in [-0.4, -0.2) is 35.7 Å². The van der Waals surface area contributed by atoms with E-state index in [2.05, 4.69) is 0 Å². The topological polar surface area (TPSA) is 37.4 Å². The van der Waals surface area contributed by atoms with E-state index in [4.69, 9.17) is 0 Å². The number of piperidine rings is 1. The average Bonchev–Trinajstić information content (AvgIpc) is 2.26. The van der Waals surface area contributed by atoms with E-state index in [0.717, 1.165) is 0 Å². The molecule has 0 amide bonds. The molecule has 0 unspecified atom stereocenters. The van der Waals surface area contributed by atoms with Crippen molar-refractivity contribution in [3.63, 3.8) is 0 Å². The minimum Gasteiger partial charge on any atom is -0.374 e. The number of Topliss-reactive ketones (excluding diaryl/α,β-unsaturated/α-hetero) is 2. The molecule has 3 nitrogen and oxygen atoms in total. The monoisotopic (exact) mass is 275 g/mol. The molecular formula is C13H16F3NO2. The Balaban J connectivity index is 2.27. The van der Waals surface area contributed by atoms with Crippen molar-refractivity contribution >= 4 is 11.6 Å². The summed E-state index contributed by atoms with van der Waals surface area (Å²) in [6.07, 6.45) is -3.68. The van der Waals surface area contributed by atoms with E-state index in [1.807, 2.05) is 0 Å². The molecule has 1 aliphatic carbocycles. The lowest BCUT2D eigenvalue weighted by Crippen LogP contribution is -2.46. The van der Waals surface area contributed by atoms with Crippen LogP contribution in [0.2, 0.25) is 0 Å². The van der Waals surface area contributed by atoms with E-state index >= 15 is 0 Å². The van der Waals surface area contributed by atoms with Crippen LogP contribution in [0.25, 0.3) is 0 Å². The zero-order valence-electron chi connectivity index (χ0n) is 10.9. The number of allylic oxidation sites excluding steroid dienone is 2. The van der Waals surface area contributed by atoms with Crippen LogP contribution < -0.4 is 0 Å². The van der Waals surface area contributed by atoms with E-state index < -0.39 is 17.4 Å². The molecule has 0 aromatic rings. The Morgan fingerprint density at radius 3 is 2.16 bits per heavy atom. The fraction of sp³-hybridized carbons (Fsp3) is 0.692. The van der Waals surface area contributed by atoms with Crippen LogP contribution in [0.5, 0.6) is 0 Å². The van der Waals surface area contributed by atoms with Gasteiger partial charge in [0.2, 0.25) is 0 Å². The van der Waals surface area contributed by atoms with Crippen molar-refractivity contribution < 1.29 is 22.8 Å². The zero-order valence-corrected chi connectivity index (χ0v) is 10.9. The predicted molar refractivity (Wildman–Crippen MR) is 62.3 cm³/mol. The molecule has 1 heterocycles. The van der Waals surface area contributed by atoms with Crippen molar-refractivity contribution in [2.24, 2.45) is 5.41 Å². The first-order chi connectivity index (χ1) is 8.63. The molecule has 0 bridgehead atoms. The summed E-state index contributed by atoms with van der Waals surface area (Å²) < 4.78 is 37.8. The molecule has 2 aliphatic rings. The van der Waals surface area contributed by atoms with Gasteiger partial charge in [-0.3, -0.25) is 9.59 Å². The molecule has 1 saturated heterocycles. The van der Waals surface area contributed by atoms with Crippen LogP contribution in [0.3, 0.4) is 0 Å². The molecule has 106 valence electrons. The maximum Gasteiger partial charge on any atom is 0.454 e. The third kappa shape index (κ3) is 2.53. The van der Waals surface area contributed by atoms with Crippen LogP contribution in [0.1, 0.15) is 33.1 Å². The highest BCUT2D eigenvalue weighted by Crippen LogP contribution is 2.49. The second kappa shape index (κ2) is 4.35. The molecule has 0 aromatic heterocycles. The molecule has 0 N–H and O–H groups in total. The van der Waals surface area contributed by atoms with Crippen molar-refractivity contribution in [3.8, 4) is 0 Å². The van der Waals surface area contributed by atoms with Gasteiger partial charge in [0.25, 0.3) is 5.78 Å². The first-order valence-corrected chi connectivity index (χ1v) is 6.25. The molecule has 1 aliphatic heterocycles. The number of ketones is 2. The molecule has 0 saturated carbocycles. The highest BCUT2D eigenvalue weighted by Gasteiger charge is 2.52. The number of likely N-dealkylation sites (tertiary alicyclic amines) is 1. The summed E-state index contributed by atoms with van der Waals surface area (Å²) in [5, 5.41) is 0. The van der Waals surface area contributed by atoms with Crippen LogP contribution in [0.4, 0.5) is 13.2 Å². The summed E-state index contributed by atoms with van der Waals surface area (Å²) in [4.78, 5) is 24.4. The number of carbonyl (C=O) groups is 2. The minimum absolute atomic E-state index is 0.124. The van der Waals surface area contributed by atoms with Gasteiger partial charge in [-0.05, 0) is 6.42 Å². The molecule has 19 heavy (non-hydrogen) atoms. The van der Waals surface area contributed by atoms with Gasteiger partial charge in [-0.1, -0.05) is 13.8 Å². The van der Waals surface area contributed by atoms with E-state index in [1.165, 1.54) is 0 Å². The lowest BCUT2D eigenvalue weighted by atomic mass is 9.66. The smallest absolute Gasteiger partial charge is 0.374 e. The van der Waals surface area contributed by atoms with E-state index in [0.29, 0.717) is 38.0 Å². The van der Waals surface area contributed by atoms with Crippen molar-refractivity contribution in [3.05, 3.63) is 11.3 Å². The summed E-state index contributed by atoms with van der Waals surface area (Å²) in [5.41, 5.74) is -0.391. The molecule has 0 atom stereocenters. The first-order valence-electron chi connectivity index (χ1n) is 6.25. The van der Waals surface area contributed by atoms with Gasteiger partial charge in [0.1, 0.15) is 5.78 Å². The Kier molecular flexibility index (Phi) is 3.23. The Labute approximate surface area is 109 Å². The van der Waals surface area contributed by atoms with Gasteiger partial charge in [0.15, 0.2) is 0 Å². The Morgan fingerprint density at radius 2 is 1.74 bits per heavy atom. The van der Waals surface area contributed by atoms with Gasteiger partial charge >= 0.3 is 6.18 Å². The largest absolute Gasteiger partial charge is 0.454 e. The second-order valence-electron chi connectivity index (χ2n) is 5.73. The fourth-order valence-corrected chi connectivity index (χ4v) is 2.76. The summed E-state index contributed by atoms with van der Waals surface area (Å²) >= 11 is 0. The number of hydrogen-bond acceptors (Lipinski definition) is 3. The molecule has 0 radical (unpaired) electrons. The van der Waals surface area contributed by atoms with E-state index in [1.54, 1.807) is 18.7 Å². The highest BCUT2D eigenvalue weighted by atomic mass is 19.4. The number of hydrogen-bond donors (Lipinski definition) is 0. The van der Waals surface area contributed by atoms with Crippen LogP contribution in [-0.2, 0) is 9.59 Å². The summed E-state index contributed by atoms with van der Waals surface area (Å²) in [6, 6.07) is 0. The molecular weight excluding hydrogens is 259 g/mol. The minimum atomic E-state index is -4.83. The summed E-state index contributed by atoms with van der Waals surface area (Å²) in [5.74, 6) is -1.62. The van der Waals surface area contributed by atoms with Gasteiger partial charge in [0, 0.05) is 42.6 Å². The second-order valence-corrected chi connectivity index (χ2v) is 5.73. The Bertz CT molecular complexity index is 453. The zero-order chi connectivity index (χ0) is 14.4. The maximum absolute atomic E-state index is 12.6. The normalized spacial score (nSPS) is 23.4. The summed E-state index contributed by atoms with van der Waals surface area (Å²) in [6.45, 7) is 4.12. The molecule has 0 spiro atoms. The van der Waals surface area contributed by atoms with Crippen LogP contribution >= 0.6 is 0 Å². The van der Waals surface area contributed by atoms with Gasteiger partial charge in [-0.15, -0.1) is 0 Å². The lowest BCUT2D eigenvalue weighted by Gasteiger charge is -2.46. The number of carbonyl (C=O) groups excluding carboxylic acids is 2. The van der Waals surface area contributed by atoms with Gasteiger partial charge < -0.3 is 4.90 Å². The average molecular weight is 275 g/mol. The third-order valence-electron chi connectivity index (χ3n) is 3.76. The quantitative estimate of drug-likeness (QED) is 0.777. The van der Waals surface area contributed by atoms with Crippen molar-refractivity contribution in [1.82, 2.24) is 4.90 Å². The number of alkyl halides is 3. The van der Waals surface area contributed by atoms with Crippen molar-refractivity contribution in [2.75, 3.05) is 13.1 Å². The molecule has 2 rings (SSSR count). The lowest BCUT2D eigenvalue weighted by molar-refractivity contribution is -0.168. The Morgan fingerprint density at radius 1 is 1.21 bits per heavy atom. The van der Waals surface area contributed by atoms with Gasteiger partial charge in [-0.2, -0.15) is 13.2 Å². The SMILES string of the molecule is CC1(C)CC(N2CCC(=O)CC2)=C1C(=O)C(F)(F)F. The predicted octanol–water partition coefficient (Wildman–Crippen LogP) is 2.47.